The number of nitrogens with one attached hydrogen (secondary N) is 1. The Hall–Kier alpha value is -2.67. The lowest BCUT2D eigenvalue weighted by atomic mass is 10.2. The van der Waals surface area contributed by atoms with Crippen LogP contribution in [0, 0.1) is 0 Å². The number of carbonyl (C=O) groups is 1. The number of amides is 1. The van der Waals surface area contributed by atoms with Gasteiger partial charge in [0.1, 0.15) is 0 Å². The van der Waals surface area contributed by atoms with E-state index in [0.717, 1.165) is 11.1 Å². The average molecular weight is 299 g/mol. The maximum atomic E-state index is 12.2. The summed E-state index contributed by atoms with van der Waals surface area (Å²) in [4.78, 5) is 22.5. The number of furan rings is 1. The molecule has 0 saturated heterocycles. The zero-order valence-electron chi connectivity index (χ0n) is 12.5. The molecule has 0 aliphatic rings. The predicted octanol–water partition coefficient (Wildman–Crippen LogP) is 1.31. The molecule has 3 rings (SSSR count). The minimum absolute atomic E-state index is 0.229. The van der Waals surface area contributed by atoms with E-state index in [1.54, 1.807) is 12.4 Å². The zero-order valence-corrected chi connectivity index (χ0v) is 12.5. The molecule has 114 valence electrons. The monoisotopic (exact) mass is 299 g/mol. The fourth-order valence-corrected chi connectivity index (χ4v) is 2.21. The zero-order chi connectivity index (χ0) is 15.5. The van der Waals surface area contributed by atoms with Gasteiger partial charge in [0.05, 0.1) is 6.26 Å². The molecule has 0 saturated carbocycles. The third kappa shape index (κ3) is 2.99. The van der Waals surface area contributed by atoms with E-state index < -0.39 is 0 Å². The minimum atomic E-state index is -0.229. The van der Waals surface area contributed by atoms with E-state index in [2.05, 4.69) is 15.3 Å². The van der Waals surface area contributed by atoms with Crippen molar-refractivity contribution in [2.75, 3.05) is 14.1 Å². The van der Waals surface area contributed by atoms with E-state index in [9.17, 15) is 4.79 Å². The van der Waals surface area contributed by atoms with Crippen LogP contribution in [0.1, 0.15) is 21.7 Å². The molecule has 1 N–H and O–H groups in total. The Labute approximate surface area is 127 Å². The lowest BCUT2D eigenvalue weighted by Gasteiger charge is -2.09. The van der Waals surface area contributed by atoms with Gasteiger partial charge in [0.15, 0.2) is 5.76 Å². The summed E-state index contributed by atoms with van der Waals surface area (Å²) in [5, 5.41) is 2.85. The van der Waals surface area contributed by atoms with Gasteiger partial charge in [0.25, 0.3) is 5.91 Å². The van der Waals surface area contributed by atoms with Crippen LogP contribution in [0.15, 0.2) is 41.5 Å². The van der Waals surface area contributed by atoms with Crippen molar-refractivity contribution in [3.8, 4) is 0 Å². The van der Waals surface area contributed by atoms with Crippen LogP contribution in [-0.2, 0) is 13.1 Å². The first-order chi connectivity index (χ1) is 10.6. The molecule has 3 aromatic rings. The third-order valence-electron chi connectivity index (χ3n) is 3.19. The molecule has 1 amide bonds. The summed E-state index contributed by atoms with van der Waals surface area (Å²) in [5.41, 5.74) is 1.75. The van der Waals surface area contributed by atoms with Gasteiger partial charge in [-0.3, -0.25) is 9.20 Å². The highest BCUT2D eigenvalue weighted by Crippen LogP contribution is 2.12. The van der Waals surface area contributed by atoms with Gasteiger partial charge >= 0.3 is 0 Å². The number of hydrogen-bond donors (Lipinski definition) is 1. The third-order valence-corrected chi connectivity index (χ3v) is 3.19. The summed E-state index contributed by atoms with van der Waals surface area (Å²) in [5.74, 6) is 0.757. The van der Waals surface area contributed by atoms with Gasteiger partial charge in [-0.25, -0.2) is 9.97 Å². The second-order valence-corrected chi connectivity index (χ2v) is 5.29. The van der Waals surface area contributed by atoms with Crippen LogP contribution in [0.2, 0.25) is 0 Å². The summed E-state index contributed by atoms with van der Waals surface area (Å²) in [6.45, 7) is 1.03. The summed E-state index contributed by atoms with van der Waals surface area (Å²) < 4.78 is 7.12. The lowest BCUT2D eigenvalue weighted by Crippen LogP contribution is -2.24. The highest BCUT2D eigenvalue weighted by Gasteiger charge is 2.15. The fourth-order valence-electron chi connectivity index (χ4n) is 2.21. The molecular weight excluding hydrogens is 282 g/mol. The van der Waals surface area contributed by atoms with Gasteiger partial charge in [-0.05, 0) is 20.2 Å². The predicted molar refractivity (Wildman–Crippen MR) is 80.3 cm³/mol. The summed E-state index contributed by atoms with van der Waals surface area (Å²) in [6, 6.07) is 1.81. The Balaban J connectivity index is 1.68. The summed E-state index contributed by atoms with van der Waals surface area (Å²) in [7, 11) is 3.89. The van der Waals surface area contributed by atoms with Gasteiger partial charge in [-0.1, -0.05) is 0 Å². The molecule has 0 aliphatic heterocycles. The normalized spacial score (nSPS) is 11.2. The van der Waals surface area contributed by atoms with Crippen molar-refractivity contribution in [3.63, 3.8) is 0 Å². The number of imidazole rings is 1. The van der Waals surface area contributed by atoms with Gasteiger partial charge in [-0.15, -0.1) is 0 Å². The van der Waals surface area contributed by atoms with Gasteiger partial charge in [0, 0.05) is 49.0 Å². The van der Waals surface area contributed by atoms with Crippen molar-refractivity contribution < 1.29 is 9.21 Å². The average Bonchev–Trinajstić information content (AvgIpc) is 3.12. The molecule has 7 heteroatoms. The van der Waals surface area contributed by atoms with Gasteiger partial charge in [-0.2, -0.15) is 0 Å². The number of fused-ring (bicyclic) bond motifs is 1. The molecule has 0 fully saturated rings. The minimum Gasteiger partial charge on any atom is -0.459 e. The van der Waals surface area contributed by atoms with Gasteiger partial charge < -0.3 is 14.6 Å². The van der Waals surface area contributed by atoms with Crippen LogP contribution in [0.3, 0.4) is 0 Å². The molecule has 0 bridgehead atoms. The standard InChI is InChI=1S/C15H17N5O2/c1-19(2)10-12-3-6-22-13(12)14(21)17-7-11-8-18-15-16-4-5-20(15)9-11/h3-6,8-9H,7,10H2,1-2H3,(H,17,21). The molecule has 7 nitrogen and oxygen atoms in total. The van der Waals surface area contributed by atoms with Crippen LogP contribution in [0.5, 0.6) is 0 Å². The number of rotatable bonds is 5. The van der Waals surface area contributed by atoms with Crippen molar-refractivity contribution >= 4 is 11.7 Å². The Bertz CT molecular complexity index is 790. The van der Waals surface area contributed by atoms with E-state index in [1.807, 2.05) is 41.9 Å². The van der Waals surface area contributed by atoms with Crippen LogP contribution in [-0.4, -0.2) is 39.3 Å². The molecule has 0 spiro atoms. The molecule has 0 radical (unpaired) electrons. The molecule has 0 atom stereocenters. The summed E-state index contributed by atoms with van der Waals surface area (Å²) >= 11 is 0. The van der Waals surface area contributed by atoms with E-state index in [1.165, 1.54) is 6.26 Å². The molecule has 0 aliphatic carbocycles. The maximum absolute atomic E-state index is 12.2. The quantitative estimate of drug-likeness (QED) is 0.769. The van der Waals surface area contributed by atoms with Crippen LogP contribution < -0.4 is 5.32 Å². The highest BCUT2D eigenvalue weighted by atomic mass is 16.3. The molecule has 22 heavy (non-hydrogen) atoms. The Morgan fingerprint density at radius 3 is 3.09 bits per heavy atom. The largest absolute Gasteiger partial charge is 0.459 e. The molecule has 0 unspecified atom stereocenters. The first-order valence-electron chi connectivity index (χ1n) is 6.90. The van der Waals surface area contributed by atoms with Crippen molar-refractivity contribution in [1.82, 2.24) is 24.6 Å². The SMILES string of the molecule is CN(C)Cc1ccoc1C(=O)NCc1cnc2nccn2c1. The number of carbonyl (C=O) groups excluding carboxylic acids is 1. The van der Waals surface area contributed by atoms with Crippen molar-refractivity contribution in [2.45, 2.75) is 13.1 Å². The van der Waals surface area contributed by atoms with E-state index >= 15 is 0 Å². The maximum Gasteiger partial charge on any atom is 0.287 e. The first-order valence-corrected chi connectivity index (χ1v) is 6.90. The Morgan fingerprint density at radius 1 is 1.41 bits per heavy atom. The summed E-state index contributed by atoms with van der Waals surface area (Å²) in [6.07, 6.45) is 8.62. The van der Waals surface area contributed by atoms with E-state index in [0.29, 0.717) is 24.6 Å². The molecule has 3 aromatic heterocycles. The van der Waals surface area contributed by atoms with Crippen LogP contribution in [0.4, 0.5) is 0 Å². The molecule has 3 heterocycles. The first kappa shape index (κ1) is 14.3. The van der Waals surface area contributed by atoms with E-state index in [-0.39, 0.29) is 5.91 Å². The number of aromatic nitrogens is 3. The number of hydrogen-bond acceptors (Lipinski definition) is 5. The van der Waals surface area contributed by atoms with Crippen LogP contribution >= 0.6 is 0 Å². The Kier molecular flexibility index (Phi) is 3.88. The van der Waals surface area contributed by atoms with Crippen molar-refractivity contribution in [3.05, 3.63) is 54.0 Å². The van der Waals surface area contributed by atoms with Crippen molar-refractivity contribution in [2.24, 2.45) is 0 Å². The molecule has 0 aromatic carbocycles. The number of nitrogens with zero attached hydrogens (tertiary/aromatic N) is 4. The second kappa shape index (κ2) is 5.98. The fraction of sp³-hybridized carbons (Fsp3) is 0.267. The van der Waals surface area contributed by atoms with E-state index in [4.69, 9.17) is 4.42 Å². The molecular formula is C15H17N5O2. The highest BCUT2D eigenvalue weighted by molar-refractivity contribution is 5.92. The second-order valence-electron chi connectivity index (χ2n) is 5.29. The van der Waals surface area contributed by atoms with Crippen LogP contribution in [0.25, 0.3) is 5.78 Å². The smallest absolute Gasteiger partial charge is 0.287 e. The topological polar surface area (TPSA) is 75.7 Å². The van der Waals surface area contributed by atoms with Crippen molar-refractivity contribution in [1.29, 1.82) is 0 Å². The van der Waals surface area contributed by atoms with Gasteiger partial charge in [0.2, 0.25) is 5.78 Å². The Morgan fingerprint density at radius 2 is 2.27 bits per heavy atom. The lowest BCUT2D eigenvalue weighted by molar-refractivity contribution is 0.0921.